The molecular formula is C8H7ClN4O. The Balaban J connectivity index is 2.95. The van der Waals surface area contributed by atoms with Gasteiger partial charge in [0.15, 0.2) is 11.4 Å². The van der Waals surface area contributed by atoms with Crippen molar-refractivity contribution in [2.24, 2.45) is 0 Å². The molecular weight excluding hydrogens is 204 g/mol. The Bertz CT molecular complexity index is 400. The molecule has 1 heterocycles. The first-order chi connectivity index (χ1) is 6.72. The summed E-state index contributed by atoms with van der Waals surface area (Å²) in [6.45, 7) is 0.168. The van der Waals surface area contributed by atoms with Gasteiger partial charge in [-0.3, -0.25) is 0 Å². The van der Waals surface area contributed by atoms with Gasteiger partial charge in [-0.2, -0.15) is 10.5 Å². The zero-order valence-corrected chi connectivity index (χ0v) is 7.94. The summed E-state index contributed by atoms with van der Waals surface area (Å²) in [4.78, 5) is 3.72. The number of alkyl halides is 1. The minimum Gasteiger partial charge on any atom is -0.390 e. The largest absolute Gasteiger partial charge is 0.390 e. The highest BCUT2D eigenvalue weighted by atomic mass is 35.5. The van der Waals surface area contributed by atoms with E-state index in [-0.39, 0.29) is 23.8 Å². The summed E-state index contributed by atoms with van der Waals surface area (Å²) in [5.41, 5.74) is 0.214. The van der Waals surface area contributed by atoms with Gasteiger partial charge in [0.1, 0.15) is 12.1 Å². The molecule has 0 radical (unpaired) electrons. The summed E-state index contributed by atoms with van der Waals surface area (Å²) in [5, 5.41) is 26.6. The van der Waals surface area contributed by atoms with Crippen molar-refractivity contribution in [3.05, 3.63) is 17.7 Å². The van der Waals surface area contributed by atoms with Crippen LogP contribution in [-0.2, 0) is 6.54 Å². The van der Waals surface area contributed by atoms with E-state index in [9.17, 15) is 5.11 Å². The highest BCUT2D eigenvalue weighted by molar-refractivity contribution is 6.18. The lowest BCUT2D eigenvalue weighted by Crippen LogP contribution is -2.17. The molecule has 6 heteroatoms. The summed E-state index contributed by atoms with van der Waals surface area (Å²) in [5.74, 6) is 0.0743. The molecule has 0 aliphatic rings. The third-order valence-corrected chi connectivity index (χ3v) is 1.99. The van der Waals surface area contributed by atoms with Gasteiger partial charge < -0.3 is 9.67 Å². The van der Waals surface area contributed by atoms with E-state index in [1.807, 2.05) is 6.07 Å². The van der Waals surface area contributed by atoms with E-state index in [2.05, 4.69) is 4.98 Å². The lowest BCUT2D eigenvalue weighted by Gasteiger charge is -2.07. The van der Waals surface area contributed by atoms with E-state index >= 15 is 0 Å². The summed E-state index contributed by atoms with van der Waals surface area (Å²) in [7, 11) is 0. The number of rotatable bonds is 3. The normalized spacial score (nSPS) is 11.7. The Morgan fingerprint density at radius 1 is 1.57 bits per heavy atom. The van der Waals surface area contributed by atoms with Crippen molar-refractivity contribution in [1.82, 2.24) is 9.55 Å². The van der Waals surface area contributed by atoms with E-state index in [4.69, 9.17) is 22.1 Å². The average molecular weight is 211 g/mol. The SMILES string of the molecule is N#Cc1ncn(CC(O)CCl)c1C#N. The van der Waals surface area contributed by atoms with E-state index in [1.165, 1.54) is 10.9 Å². The molecule has 0 spiro atoms. The van der Waals surface area contributed by atoms with E-state index in [0.29, 0.717) is 0 Å². The van der Waals surface area contributed by atoms with Crippen molar-refractivity contribution in [2.75, 3.05) is 5.88 Å². The van der Waals surface area contributed by atoms with Gasteiger partial charge in [0.05, 0.1) is 24.9 Å². The van der Waals surface area contributed by atoms with Gasteiger partial charge in [0.2, 0.25) is 0 Å². The fourth-order valence-corrected chi connectivity index (χ4v) is 1.09. The molecule has 1 aromatic rings. The van der Waals surface area contributed by atoms with Crippen molar-refractivity contribution >= 4 is 11.6 Å². The van der Waals surface area contributed by atoms with Crippen LogP contribution in [0.2, 0.25) is 0 Å². The highest BCUT2D eigenvalue weighted by Crippen LogP contribution is 2.06. The smallest absolute Gasteiger partial charge is 0.176 e. The maximum atomic E-state index is 9.24. The van der Waals surface area contributed by atoms with E-state index in [1.54, 1.807) is 6.07 Å². The summed E-state index contributed by atoms with van der Waals surface area (Å²) in [6.07, 6.45) is 0.594. The molecule has 0 fully saturated rings. The van der Waals surface area contributed by atoms with Crippen molar-refractivity contribution in [2.45, 2.75) is 12.6 Å². The molecule has 0 aliphatic heterocycles. The van der Waals surface area contributed by atoms with Crippen LogP contribution in [0.5, 0.6) is 0 Å². The molecule has 0 aromatic carbocycles. The molecule has 1 N–H and O–H groups in total. The Kier molecular flexibility index (Phi) is 3.47. The van der Waals surface area contributed by atoms with Crippen molar-refractivity contribution in [3.63, 3.8) is 0 Å². The zero-order chi connectivity index (χ0) is 10.6. The number of nitriles is 2. The van der Waals surface area contributed by atoms with Crippen LogP contribution in [-0.4, -0.2) is 26.6 Å². The van der Waals surface area contributed by atoms with Crippen LogP contribution < -0.4 is 0 Å². The zero-order valence-electron chi connectivity index (χ0n) is 7.18. The van der Waals surface area contributed by atoms with Gasteiger partial charge in [-0.15, -0.1) is 11.6 Å². The third kappa shape index (κ3) is 2.02. The molecule has 72 valence electrons. The second kappa shape index (κ2) is 4.61. The van der Waals surface area contributed by atoms with Gasteiger partial charge in [-0.1, -0.05) is 0 Å². The van der Waals surface area contributed by atoms with Crippen LogP contribution in [0, 0.1) is 22.7 Å². The third-order valence-electron chi connectivity index (χ3n) is 1.64. The average Bonchev–Trinajstić information content (AvgIpc) is 2.59. The molecule has 5 nitrogen and oxygen atoms in total. The molecule has 0 aliphatic carbocycles. The lowest BCUT2D eigenvalue weighted by molar-refractivity contribution is 0.176. The fraction of sp³-hybridized carbons (Fsp3) is 0.375. The minimum atomic E-state index is -0.746. The fourth-order valence-electron chi connectivity index (χ4n) is 0.996. The van der Waals surface area contributed by atoms with Crippen LogP contribution >= 0.6 is 11.6 Å². The summed E-state index contributed by atoms with van der Waals surface area (Å²) in [6, 6.07) is 3.64. The van der Waals surface area contributed by atoms with Crippen LogP contribution in [0.3, 0.4) is 0 Å². The Hall–Kier alpha value is -1.56. The van der Waals surface area contributed by atoms with Gasteiger partial charge in [0, 0.05) is 0 Å². The van der Waals surface area contributed by atoms with Gasteiger partial charge in [0.25, 0.3) is 0 Å². The Morgan fingerprint density at radius 2 is 2.29 bits per heavy atom. The standard InChI is InChI=1S/C8H7ClN4O/c9-1-6(14)4-13-5-12-7(2-10)8(13)3-11/h5-6,14H,1,4H2. The Labute approximate surface area is 85.8 Å². The molecule has 14 heavy (non-hydrogen) atoms. The van der Waals surface area contributed by atoms with Crippen LogP contribution in [0.15, 0.2) is 6.33 Å². The van der Waals surface area contributed by atoms with Crippen molar-refractivity contribution in [3.8, 4) is 12.1 Å². The first kappa shape index (κ1) is 10.5. The molecule has 0 amide bonds. The monoisotopic (exact) mass is 210 g/mol. The molecule has 1 aromatic heterocycles. The van der Waals surface area contributed by atoms with Crippen LogP contribution in [0.4, 0.5) is 0 Å². The van der Waals surface area contributed by atoms with Crippen LogP contribution in [0.1, 0.15) is 11.4 Å². The number of halogens is 1. The number of hydrogen-bond acceptors (Lipinski definition) is 4. The second-order valence-electron chi connectivity index (χ2n) is 2.63. The van der Waals surface area contributed by atoms with Gasteiger partial charge in [-0.25, -0.2) is 4.98 Å². The number of hydrogen-bond donors (Lipinski definition) is 1. The second-order valence-corrected chi connectivity index (χ2v) is 2.93. The van der Waals surface area contributed by atoms with Crippen molar-refractivity contribution < 1.29 is 5.11 Å². The summed E-state index contributed by atoms with van der Waals surface area (Å²) >= 11 is 5.41. The molecule has 0 saturated heterocycles. The predicted octanol–water partition coefficient (Wildman–Crippen LogP) is 0.226. The highest BCUT2D eigenvalue weighted by Gasteiger charge is 2.12. The van der Waals surface area contributed by atoms with Gasteiger partial charge >= 0.3 is 0 Å². The van der Waals surface area contributed by atoms with Crippen molar-refractivity contribution in [1.29, 1.82) is 10.5 Å². The molecule has 1 atom stereocenters. The lowest BCUT2D eigenvalue weighted by atomic mass is 10.3. The first-order valence-corrected chi connectivity index (χ1v) is 4.35. The number of imidazole rings is 1. The quantitative estimate of drug-likeness (QED) is 0.724. The maximum absolute atomic E-state index is 9.24. The van der Waals surface area contributed by atoms with E-state index in [0.717, 1.165) is 0 Å². The number of aromatic nitrogens is 2. The number of aliphatic hydroxyl groups excluding tert-OH is 1. The maximum Gasteiger partial charge on any atom is 0.176 e. The molecule has 1 unspecified atom stereocenters. The first-order valence-electron chi connectivity index (χ1n) is 3.82. The molecule has 1 rings (SSSR count). The number of aliphatic hydroxyl groups is 1. The van der Waals surface area contributed by atoms with Gasteiger partial charge in [-0.05, 0) is 0 Å². The van der Waals surface area contributed by atoms with Crippen LogP contribution in [0.25, 0.3) is 0 Å². The molecule has 0 saturated carbocycles. The van der Waals surface area contributed by atoms with E-state index < -0.39 is 6.10 Å². The molecule has 0 bridgehead atoms. The number of nitrogens with zero attached hydrogens (tertiary/aromatic N) is 4. The predicted molar refractivity (Wildman–Crippen MR) is 48.4 cm³/mol. The summed E-state index contributed by atoms with van der Waals surface area (Å²) < 4.78 is 1.41. The minimum absolute atomic E-state index is 0.0641. The topological polar surface area (TPSA) is 85.6 Å². The Morgan fingerprint density at radius 3 is 2.79 bits per heavy atom.